The fourth-order valence-corrected chi connectivity index (χ4v) is 4.24. The summed E-state index contributed by atoms with van der Waals surface area (Å²) in [7, 11) is 0. The van der Waals surface area contributed by atoms with Crippen molar-refractivity contribution in [2.75, 3.05) is 31.1 Å². The van der Waals surface area contributed by atoms with E-state index in [4.69, 9.17) is 0 Å². The summed E-state index contributed by atoms with van der Waals surface area (Å²) >= 11 is 3.51. The van der Waals surface area contributed by atoms with Crippen LogP contribution in [-0.2, 0) is 0 Å². The number of pyridine rings is 1. The van der Waals surface area contributed by atoms with E-state index < -0.39 is 0 Å². The first-order valence-corrected chi connectivity index (χ1v) is 10.1. The van der Waals surface area contributed by atoms with Crippen molar-refractivity contribution >= 4 is 49.3 Å². The van der Waals surface area contributed by atoms with Gasteiger partial charge in [0.15, 0.2) is 0 Å². The number of H-pyrrole nitrogens is 1. The Hall–Kier alpha value is -2.86. The number of carbonyl (C=O) groups is 1. The third-order valence-corrected chi connectivity index (χ3v) is 5.84. The molecule has 6 heteroatoms. The molecule has 28 heavy (non-hydrogen) atoms. The normalized spacial score (nSPS) is 14.8. The number of nitrogens with one attached hydrogen (secondary N) is 1. The van der Waals surface area contributed by atoms with E-state index in [0.717, 1.165) is 39.4 Å². The fraction of sp³-hybridized carbons (Fsp3) is 0.182. The number of anilines is 1. The number of nitrogens with zero attached hydrogens (tertiary/aromatic N) is 3. The quantitative estimate of drug-likeness (QED) is 0.507. The second-order valence-electron chi connectivity index (χ2n) is 7.04. The zero-order chi connectivity index (χ0) is 19.1. The summed E-state index contributed by atoms with van der Waals surface area (Å²) in [5.41, 5.74) is 3.81. The standard InChI is InChI=1S/C22H19BrN4O/c23-16-5-6-17-19(14-16)24-8-7-21(17)26-9-11-27(12-10-26)22(28)20-13-15-3-1-2-4-18(15)25-20/h1-8,13-14,25H,9-12H2. The van der Waals surface area contributed by atoms with Crippen molar-refractivity contribution in [3.05, 3.63) is 71.0 Å². The Labute approximate surface area is 171 Å². The van der Waals surface area contributed by atoms with E-state index in [9.17, 15) is 4.79 Å². The van der Waals surface area contributed by atoms with Crippen molar-refractivity contribution in [2.45, 2.75) is 0 Å². The summed E-state index contributed by atoms with van der Waals surface area (Å²) in [5.74, 6) is 0.0689. The third kappa shape index (κ3) is 3.03. The molecule has 0 atom stereocenters. The van der Waals surface area contributed by atoms with Crippen molar-refractivity contribution in [2.24, 2.45) is 0 Å². The number of hydrogen-bond donors (Lipinski definition) is 1. The van der Waals surface area contributed by atoms with Gasteiger partial charge in [-0.05, 0) is 36.4 Å². The molecule has 0 spiro atoms. The zero-order valence-electron chi connectivity index (χ0n) is 15.2. The summed E-state index contributed by atoms with van der Waals surface area (Å²) in [6, 6.07) is 18.2. The Morgan fingerprint density at radius 1 is 1.00 bits per heavy atom. The molecule has 1 amide bonds. The molecule has 140 valence electrons. The lowest BCUT2D eigenvalue weighted by Crippen LogP contribution is -2.49. The minimum Gasteiger partial charge on any atom is -0.367 e. The van der Waals surface area contributed by atoms with Crippen LogP contribution in [0.25, 0.3) is 21.8 Å². The van der Waals surface area contributed by atoms with Gasteiger partial charge in [-0.15, -0.1) is 0 Å². The number of aromatic nitrogens is 2. The number of amides is 1. The lowest BCUT2D eigenvalue weighted by atomic mass is 10.1. The van der Waals surface area contributed by atoms with Crippen LogP contribution in [0.3, 0.4) is 0 Å². The van der Waals surface area contributed by atoms with Gasteiger partial charge in [-0.2, -0.15) is 0 Å². The minimum absolute atomic E-state index is 0.0689. The van der Waals surface area contributed by atoms with Crippen molar-refractivity contribution < 1.29 is 4.79 Å². The zero-order valence-corrected chi connectivity index (χ0v) is 16.8. The second kappa shape index (κ2) is 6.95. The Morgan fingerprint density at radius 3 is 2.64 bits per heavy atom. The van der Waals surface area contributed by atoms with Crippen molar-refractivity contribution in [1.29, 1.82) is 0 Å². The van der Waals surface area contributed by atoms with Crippen LogP contribution >= 0.6 is 15.9 Å². The monoisotopic (exact) mass is 434 g/mol. The molecule has 1 aliphatic rings. The van der Waals surface area contributed by atoms with Gasteiger partial charge in [0.05, 0.1) is 5.52 Å². The molecule has 1 aliphatic heterocycles. The third-order valence-electron chi connectivity index (χ3n) is 5.35. The van der Waals surface area contributed by atoms with Crippen LogP contribution in [0.2, 0.25) is 0 Å². The molecular weight excluding hydrogens is 416 g/mol. The number of rotatable bonds is 2. The Balaban J connectivity index is 1.34. The Bertz CT molecular complexity index is 1140. The minimum atomic E-state index is 0.0689. The summed E-state index contributed by atoms with van der Waals surface area (Å²) in [6.45, 7) is 3.02. The van der Waals surface area contributed by atoms with Gasteiger partial charge in [-0.1, -0.05) is 34.1 Å². The van der Waals surface area contributed by atoms with E-state index in [0.29, 0.717) is 18.8 Å². The van der Waals surface area contributed by atoms with Crippen LogP contribution in [-0.4, -0.2) is 47.0 Å². The molecule has 1 N–H and O–H groups in total. The van der Waals surface area contributed by atoms with Crippen LogP contribution in [0, 0.1) is 0 Å². The first-order chi connectivity index (χ1) is 13.7. The molecule has 5 rings (SSSR count). The Morgan fingerprint density at radius 2 is 1.82 bits per heavy atom. The number of carbonyl (C=O) groups excluding carboxylic acids is 1. The molecular formula is C22H19BrN4O. The molecule has 1 saturated heterocycles. The predicted octanol–water partition coefficient (Wildman–Crippen LogP) is 4.44. The van der Waals surface area contributed by atoms with Crippen LogP contribution in [0.4, 0.5) is 5.69 Å². The number of aromatic amines is 1. The van der Waals surface area contributed by atoms with Gasteiger partial charge in [-0.25, -0.2) is 0 Å². The number of halogens is 1. The molecule has 0 bridgehead atoms. The maximum atomic E-state index is 12.9. The molecule has 5 nitrogen and oxygen atoms in total. The van der Waals surface area contributed by atoms with Gasteiger partial charge in [0.25, 0.3) is 5.91 Å². The summed E-state index contributed by atoms with van der Waals surface area (Å²) < 4.78 is 1.03. The summed E-state index contributed by atoms with van der Waals surface area (Å²) in [5, 5.41) is 2.21. The second-order valence-corrected chi connectivity index (χ2v) is 7.96. The lowest BCUT2D eigenvalue weighted by molar-refractivity contribution is 0.0742. The number of benzene rings is 2. The van der Waals surface area contributed by atoms with Gasteiger partial charge < -0.3 is 14.8 Å². The lowest BCUT2D eigenvalue weighted by Gasteiger charge is -2.36. The molecule has 0 saturated carbocycles. The fourth-order valence-electron chi connectivity index (χ4n) is 3.89. The van der Waals surface area contributed by atoms with Crippen LogP contribution < -0.4 is 4.90 Å². The molecule has 2 aromatic carbocycles. The van der Waals surface area contributed by atoms with Crippen molar-refractivity contribution in [3.8, 4) is 0 Å². The molecule has 0 unspecified atom stereocenters. The molecule has 1 fully saturated rings. The average molecular weight is 435 g/mol. The van der Waals surface area contributed by atoms with E-state index in [1.165, 1.54) is 5.69 Å². The largest absolute Gasteiger partial charge is 0.367 e. The first-order valence-electron chi connectivity index (χ1n) is 9.35. The highest BCUT2D eigenvalue weighted by Gasteiger charge is 2.24. The van der Waals surface area contributed by atoms with E-state index in [-0.39, 0.29) is 5.91 Å². The van der Waals surface area contributed by atoms with E-state index in [1.807, 2.05) is 53.6 Å². The highest BCUT2D eigenvalue weighted by molar-refractivity contribution is 9.10. The van der Waals surface area contributed by atoms with Gasteiger partial charge >= 0.3 is 0 Å². The maximum Gasteiger partial charge on any atom is 0.270 e. The smallest absolute Gasteiger partial charge is 0.270 e. The van der Waals surface area contributed by atoms with E-state index >= 15 is 0 Å². The first kappa shape index (κ1) is 17.3. The number of fused-ring (bicyclic) bond motifs is 2. The number of piperazine rings is 1. The Kier molecular flexibility index (Phi) is 4.28. The van der Waals surface area contributed by atoms with Gasteiger partial charge in [-0.3, -0.25) is 9.78 Å². The molecule has 3 heterocycles. The van der Waals surface area contributed by atoms with Crippen LogP contribution in [0.1, 0.15) is 10.5 Å². The highest BCUT2D eigenvalue weighted by Crippen LogP contribution is 2.28. The average Bonchev–Trinajstić information content (AvgIpc) is 3.17. The SMILES string of the molecule is O=C(c1cc2ccccc2[nH]1)N1CCN(c2ccnc3cc(Br)ccc23)CC1. The van der Waals surface area contributed by atoms with E-state index in [1.54, 1.807) is 0 Å². The topological polar surface area (TPSA) is 52.2 Å². The molecule has 4 aromatic rings. The predicted molar refractivity (Wildman–Crippen MR) is 116 cm³/mol. The van der Waals surface area contributed by atoms with Crippen molar-refractivity contribution in [1.82, 2.24) is 14.9 Å². The summed E-state index contributed by atoms with van der Waals surface area (Å²) in [6.07, 6.45) is 1.85. The van der Waals surface area contributed by atoms with Crippen LogP contribution in [0.5, 0.6) is 0 Å². The summed E-state index contributed by atoms with van der Waals surface area (Å²) in [4.78, 5) is 24.9. The van der Waals surface area contributed by atoms with Gasteiger partial charge in [0, 0.05) is 58.8 Å². The van der Waals surface area contributed by atoms with Crippen LogP contribution in [0.15, 0.2) is 65.3 Å². The maximum absolute atomic E-state index is 12.9. The molecule has 0 aliphatic carbocycles. The number of hydrogen-bond acceptors (Lipinski definition) is 3. The van der Waals surface area contributed by atoms with E-state index in [2.05, 4.69) is 42.9 Å². The highest BCUT2D eigenvalue weighted by atomic mass is 79.9. The van der Waals surface area contributed by atoms with Gasteiger partial charge in [0.2, 0.25) is 0 Å². The molecule has 2 aromatic heterocycles. The van der Waals surface area contributed by atoms with Crippen molar-refractivity contribution in [3.63, 3.8) is 0 Å². The molecule has 0 radical (unpaired) electrons. The van der Waals surface area contributed by atoms with Gasteiger partial charge in [0.1, 0.15) is 5.69 Å². The number of para-hydroxylation sites is 1.